The van der Waals surface area contributed by atoms with Crippen LogP contribution in [0.2, 0.25) is 0 Å². The SMILES string of the molecule is Cc1nocc1Cc1noc(-c2ccc(C(C)C)cc2)n1. The van der Waals surface area contributed by atoms with E-state index in [4.69, 9.17) is 9.05 Å². The first-order valence-corrected chi connectivity index (χ1v) is 6.96. The molecule has 0 aliphatic heterocycles. The maximum absolute atomic E-state index is 5.33. The molecular formula is C16H17N3O2. The molecule has 0 unspecified atom stereocenters. The molecule has 0 atom stereocenters. The minimum atomic E-state index is 0.508. The van der Waals surface area contributed by atoms with Crippen molar-refractivity contribution in [2.75, 3.05) is 0 Å². The fourth-order valence-electron chi connectivity index (χ4n) is 2.11. The van der Waals surface area contributed by atoms with Crippen molar-refractivity contribution in [1.29, 1.82) is 0 Å². The predicted molar refractivity (Wildman–Crippen MR) is 77.9 cm³/mol. The first-order valence-electron chi connectivity index (χ1n) is 6.96. The van der Waals surface area contributed by atoms with Crippen LogP contribution in [0, 0.1) is 6.92 Å². The molecule has 21 heavy (non-hydrogen) atoms. The summed E-state index contributed by atoms with van der Waals surface area (Å²) in [4.78, 5) is 4.42. The molecule has 5 heteroatoms. The maximum Gasteiger partial charge on any atom is 0.257 e. The van der Waals surface area contributed by atoms with Gasteiger partial charge in [0.1, 0.15) is 6.26 Å². The fraction of sp³-hybridized carbons (Fsp3) is 0.312. The molecule has 0 aliphatic rings. The lowest BCUT2D eigenvalue weighted by Crippen LogP contribution is -1.91. The van der Waals surface area contributed by atoms with Crippen molar-refractivity contribution in [2.45, 2.75) is 33.1 Å². The fourth-order valence-corrected chi connectivity index (χ4v) is 2.11. The van der Waals surface area contributed by atoms with Crippen LogP contribution in [0.1, 0.15) is 42.4 Å². The first kappa shape index (κ1) is 13.5. The molecule has 3 aromatic rings. The highest BCUT2D eigenvalue weighted by Gasteiger charge is 2.12. The van der Waals surface area contributed by atoms with E-state index in [2.05, 4.69) is 41.3 Å². The van der Waals surface area contributed by atoms with Crippen LogP contribution in [-0.2, 0) is 6.42 Å². The highest BCUT2D eigenvalue weighted by atomic mass is 16.5. The predicted octanol–water partition coefficient (Wildman–Crippen LogP) is 3.75. The molecule has 1 aromatic carbocycles. The van der Waals surface area contributed by atoms with Crippen LogP contribution in [0.15, 0.2) is 39.6 Å². The van der Waals surface area contributed by atoms with Crippen molar-refractivity contribution >= 4 is 0 Å². The zero-order valence-electron chi connectivity index (χ0n) is 12.3. The van der Waals surface area contributed by atoms with Crippen molar-refractivity contribution in [3.8, 4) is 11.5 Å². The highest BCUT2D eigenvalue weighted by Crippen LogP contribution is 2.22. The Kier molecular flexibility index (Phi) is 3.56. The Hall–Kier alpha value is -2.43. The van der Waals surface area contributed by atoms with E-state index in [1.165, 1.54) is 5.56 Å². The van der Waals surface area contributed by atoms with Gasteiger partial charge >= 0.3 is 0 Å². The summed E-state index contributed by atoms with van der Waals surface area (Å²) in [5.74, 6) is 1.67. The van der Waals surface area contributed by atoms with Gasteiger partial charge in [-0.1, -0.05) is 36.3 Å². The Morgan fingerprint density at radius 2 is 1.86 bits per heavy atom. The monoisotopic (exact) mass is 283 g/mol. The highest BCUT2D eigenvalue weighted by molar-refractivity contribution is 5.53. The molecule has 0 saturated carbocycles. The normalized spacial score (nSPS) is 11.2. The number of hydrogen-bond acceptors (Lipinski definition) is 5. The molecule has 2 heterocycles. The lowest BCUT2D eigenvalue weighted by Gasteiger charge is -2.04. The van der Waals surface area contributed by atoms with E-state index in [1.807, 2.05) is 19.1 Å². The van der Waals surface area contributed by atoms with E-state index in [-0.39, 0.29) is 0 Å². The van der Waals surface area contributed by atoms with Gasteiger partial charge in [0.25, 0.3) is 5.89 Å². The van der Waals surface area contributed by atoms with Gasteiger partial charge in [-0.15, -0.1) is 0 Å². The van der Waals surface area contributed by atoms with E-state index in [0.717, 1.165) is 16.8 Å². The van der Waals surface area contributed by atoms with Gasteiger partial charge in [0, 0.05) is 17.5 Å². The molecule has 0 radical (unpaired) electrons. The molecule has 0 aliphatic carbocycles. The number of hydrogen-bond donors (Lipinski definition) is 0. The van der Waals surface area contributed by atoms with Gasteiger partial charge in [-0.05, 0) is 30.5 Å². The van der Waals surface area contributed by atoms with Crippen molar-refractivity contribution in [1.82, 2.24) is 15.3 Å². The molecule has 0 spiro atoms. The number of benzene rings is 1. The Bertz CT molecular complexity index is 726. The van der Waals surface area contributed by atoms with Gasteiger partial charge in [-0.25, -0.2) is 0 Å². The molecule has 3 rings (SSSR count). The molecule has 0 saturated heterocycles. The summed E-state index contributed by atoms with van der Waals surface area (Å²) in [7, 11) is 0. The summed E-state index contributed by atoms with van der Waals surface area (Å²) < 4.78 is 10.2. The van der Waals surface area contributed by atoms with Crippen LogP contribution < -0.4 is 0 Å². The Morgan fingerprint density at radius 1 is 1.10 bits per heavy atom. The molecule has 5 nitrogen and oxygen atoms in total. The average molecular weight is 283 g/mol. The summed E-state index contributed by atoms with van der Waals surface area (Å²) in [5, 5.41) is 7.85. The number of aryl methyl sites for hydroxylation is 1. The van der Waals surface area contributed by atoms with Crippen molar-refractivity contribution in [2.24, 2.45) is 0 Å². The van der Waals surface area contributed by atoms with E-state index in [0.29, 0.717) is 24.1 Å². The Morgan fingerprint density at radius 3 is 2.48 bits per heavy atom. The Labute approximate surface area is 123 Å². The van der Waals surface area contributed by atoms with Crippen LogP contribution in [0.4, 0.5) is 0 Å². The Balaban J connectivity index is 1.80. The third-order valence-corrected chi connectivity index (χ3v) is 3.49. The largest absolute Gasteiger partial charge is 0.364 e. The van der Waals surface area contributed by atoms with E-state index in [1.54, 1.807) is 6.26 Å². The zero-order valence-corrected chi connectivity index (χ0v) is 12.3. The third-order valence-electron chi connectivity index (χ3n) is 3.49. The van der Waals surface area contributed by atoms with E-state index < -0.39 is 0 Å². The quantitative estimate of drug-likeness (QED) is 0.729. The lowest BCUT2D eigenvalue weighted by atomic mass is 10.0. The van der Waals surface area contributed by atoms with Crippen LogP contribution in [0.5, 0.6) is 0 Å². The number of nitrogens with zero attached hydrogens (tertiary/aromatic N) is 3. The lowest BCUT2D eigenvalue weighted by molar-refractivity contribution is 0.414. The van der Waals surface area contributed by atoms with Gasteiger partial charge in [-0.2, -0.15) is 4.98 Å². The maximum atomic E-state index is 5.33. The van der Waals surface area contributed by atoms with E-state index >= 15 is 0 Å². The second-order valence-corrected chi connectivity index (χ2v) is 5.39. The number of aromatic nitrogens is 3. The third kappa shape index (κ3) is 2.86. The summed E-state index contributed by atoms with van der Waals surface area (Å²) >= 11 is 0. The van der Waals surface area contributed by atoms with Gasteiger partial charge in [0.2, 0.25) is 0 Å². The van der Waals surface area contributed by atoms with Crippen molar-refractivity contribution in [3.05, 3.63) is 53.2 Å². The van der Waals surface area contributed by atoms with Crippen LogP contribution in [0.3, 0.4) is 0 Å². The summed E-state index contributed by atoms with van der Waals surface area (Å²) in [6.45, 7) is 6.23. The zero-order chi connectivity index (χ0) is 14.8. The molecule has 0 amide bonds. The topological polar surface area (TPSA) is 65.0 Å². The van der Waals surface area contributed by atoms with Gasteiger partial charge in [0.05, 0.1) is 5.69 Å². The molecular weight excluding hydrogens is 266 g/mol. The van der Waals surface area contributed by atoms with Crippen molar-refractivity contribution in [3.63, 3.8) is 0 Å². The first-order chi connectivity index (χ1) is 10.1. The smallest absolute Gasteiger partial charge is 0.257 e. The number of rotatable bonds is 4. The average Bonchev–Trinajstić information content (AvgIpc) is 3.10. The molecule has 0 N–H and O–H groups in total. The van der Waals surface area contributed by atoms with E-state index in [9.17, 15) is 0 Å². The second-order valence-electron chi connectivity index (χ2n) is 5.39. The second kappa shape index (κ2) is 5.52. The van der Waals surface area contributed by atoms with Gasteiger partial charge < -0.3 is 9.05 Å². The molecule has 108 valence electrons. The van der Waals surface area contributed by atoms with Gasteiger partial charge in [-0.3, -0.25) is 0 Å². The van der Waals surface area contributed by atoms with Crippen LogP contribution in [0.25, 0.3) is 11.5 Å². The summed E-state index contributed by atoms with van der Waals surface area (Å²) in [6.07, 6.45) is 2.17. The summed E-state index contributed by atoms with van der Waals surface area (Å²) in [6, 6.07) is 8.20. The van der Waals surface area contributed by atoms with Crippen LogP contribution >= 0.6 is 0 Å². The van der Waals surface area contributed by atoms with Crippen molar-refractivity contribution < 1.29 is 9.05 Å². The minimum absolute atomic E-state index is 0.508. The minimum Gasteiger partial charge on any atom is -0.364 e. The molecule has 0 fully saturated rings. The van der Waals surface area contributed by atoms with Crippen LogP contribution in [-0.4, -0.2) is 15.3 Å². The molecule has 2 aromatic heterocycles. The standard InChI is InChI=1S/C16H17N3O2/c1-10(2)12-4-6-13(7-5-12)16-17-15(19-21-16)8-14-9-20-18-11(14)3/h4-7,9-10H,8H2,1-3H3. The van der Waals surface area contributed by atoms with Gasteiger partial charge in [0.15, 0.2) is 5.82 Å². The summed E-state index contributed by atoms with van der Waals surface area (Å²) in [5.41, 5.74) is 4.04. The molecule has 0 bridgehead atoms.